The Kier molecular flexibility index (Phi) is 4.75. The fraction of sp³-hybridized carbons (Fsp3) is 0.556. The molecule has 7 heteroatoms. The molecule has 1 heterocycles. The lowest BCUT2D eigenvalue weighted by molar-refractivity contribution is -0.126. The molecule has 0 fully saturated rings. The lowest BCUT2D eigenvalue weighted by Gasteiger charge is -2.19. The molecule has 16 heavy (non-hydrogen) atoms. The van der Waals surface area contributed by atoms with Gasteiger partial charge in [-0.1, -0.05) is 0 Å². The second-order valence-electron chi connectivity index (χ2n) is 3.33. The molecule has 0 aliphatic carbocycles. The van der Waals surface area contributed by atoms with Crippen LogP contribution >= 0.6 is 27.3 Å². The second-order valence-corrected chi connectivity index (χ2v) is 5.19. The zero-order valence-electron chi connectivity index (χ0n) is 8.31. The van der Waals surface area contributed by atoms with Gasteiger partial charge in [0.2, 0.25) is 0 Å². The van der Waals surface area contributed by atoms with Crippen LogP contribution in [0, 0.1) is 0 Å². The number of hydrogen-bond acceptors (Lipinski definition) is 2. The monoisotopic (exact) mass is 319 g/mol. The van der Waals surface area contributed by atoms with Crippen molar-refractivity contribution >= 4 is 27.3 Å². The Morgan fingerprint density at radius 3 is 2.56 bits per heavy atom. The Bertz CT molecular complexity index is 342. The minimum Gasteiger partial charge on any atom is -0.304 e. The predicted molar refractivity (Wildman–Crippen MR) is 59.4 cm³/mol. The van der Waals surface area contributed by atoms with Crippen LogP contribution < -0.4 is 5.32 Å². The van der Waals surface area contributed by atoms with Gasteiger partial charge in [-0.3, -0.25) is 0 Å². The molecule has 1 atom stereocenters. The van der Waals surface area contributed by atoms with Gasteiger partial charge < -0.3 is 5.32 Å². The molecule has 1 rings (SSSR count). The van der Waals surface area contributed by atoms with Crippen molar-refractivity contribution < 1.29 is 17.6 Å². The average Bonchev–Trinajstić information content (AvgIpc) is 2.61. The normalized spacial score (nSPS) is 14.4. The number of alkyl halides is 4. The van der Waals surface area contributed by atoms with Crippen molar-refractivity contribution in [3.63, 3.8) is 0 Å². The number of halogens is 5. The van der Waals surface area contributed by atoms with Gasteiger partial charge in [0, 0.05) is 20.8 Å². The first-order valence-corrected chi connectivity index (χ1v) is 6.13. The van der Waals surface area contributed by atoms with Gasteiger partial charge in [0.1, 0.15) is 0 Å². The Morgan fingerprint density at radius 1 is 1.50 bits per heavy atom. The van der Waals surface area contributed by atoms with Gasteiger partial charge in [0.25, 0.3) is 0 Å². The number of thiophene rings is 1. The molecular weight excluding hydrogens is 310 g/mol. The summed E-state index contributed by atoms with van der Waals surface area (Å²) in [5.74, 6) is -3.98. The van der Waals surface area contributed by atoms with E-state index in [0.29, 0.717) is 0 Å². The Hall–Kier alpha value is -0.140. The fourth-order valence-corrected chi connectivity index (χ4v) is 2.50. The van der Waals surface area contributed by atoms with Gasteiger partial charge in [0.05, 0.1) is 6.54 Å². The highest BCUT2D eigenvalue weighted by Crippen LogP contribution is 2.27. The molecule has 1 aromatic rings. The molecule has 0 saturated carbocycles. The summed E-state index contributed by atoms with van der Waals surface area (Å²) in [6.07, 6.45) is -3.64. The quantitative estimate of drug-likeness (QED) is 0.807. The first kappa shape index (κ1) is 13.9. The Morgan fingerprint density at radius 2 is 2.12 bits per heavy atom. The van der Waals surface area contributed by atoms with E-state index in [1.54, 1.807) is 18.4 Å². The van der Waals surface area contributed by atoms with Crippen LogP contribution in [0.5, 0.6) is 0 Å². The maximum atomic E-state index is 12.6. The maximum Gasteiger partial charge on any atom is 0.319 e. The van der Waals surface area contributed by atoms with Crippen LogP contribution in [-0.2, 0) is 0 Å². The SMILES string of the molecule is CC(NCC(F)(F)C(F)F)c1cc(Br)cs1. The zero-order valence-corrected chi connectivity index (χ0v) is 10.7. The van der Waals surface area contributed by atoms with Gasteiger partial charge in [0.15, 0.2) is 0 Å². The summed E-state index contributed by atoms with van der Waals surface area (Å²) in [6, 6.07) is 1.39. The highest BCUT2D eigenvalue weighted by Gasteiger charge is 2.40. The molecule has 0 aliphatic rings. The van der Waals surface area contributed by atoms with Crippen molar-refractivity contribution in [3.05, 3.63) is 20.8 Å². The molecule has 0 amide bonds. The van der Waals surface area contributed by atoms with E-state index in [-0.39, 0.29) is 6.04 Å². The van der Waals surface area contributed by atoms with E-state index < -0.39 is 18.9 Å². The lowest BCUT2D eigenvalue weighted by Crippen LogP contribution is -2.39. The van der Waals surface area contributed by atoms with Crippen molar-refractivity contribution in [2.75, 3.05) is 6.54 Å². The van der Waals surface area contributed by atoms with Crippen molar-refractivity contribution in [3.8, 4) is 0 Å². The van der Waals surface area contributed by atoms with Gasteiger partial charge >= 0.3 is 12.3 Å². The van der Waals surface area contributed by atoms with Crippen molar-refractivity contribution in [2.24, 2.45) is 0 Å². The molecule has 0 bridgehead atoms. The summed E-state index contributed by atoms with van der Waals surface area (Å²) in [7, 11) is 0. The number of rotatable bonds is 5. The summed E-state index contributed by atoms with van der Waals surface area (Å²) in [4.78, 5) is 0.817. The molecule has 1 nitrogen and oxygen atoms in total. The third-order valence-electron chi connectivity index (χ3n) is 1.98. The summed E-state index contributed by atoms with van der Waals surface area (Å²) >= 11 is 4.60. The summed E-state index contributed by atoms with van der Waals surface area (Å²) in [5, 5.41) is 4.20. The standard InChI is InChI=1S/C9H10BrF4NS/c1-5(7-2-6(10)3-16-7)15-4-9(13,14)8(11)12/h2-3,5,8,15H,4H2,1H3. The fourth-order valence-electron chi connectivity index (χ4n) is 1.02. The topological polar surface area (TPSA) is 12.0 Å². The van der Waals surface area contributed by atoms with E-state index in [2.05, 4.69) is 21.2 Å². The van der Waals surface area contributed by atoms with Gasteiger partial charge in [-0.15, -0.1) is 11.3 Å². The molecule has 0 spiro atoms. The molecule has 0 aliphatic heterocycles. The summed E-state index contributed by atoms with van der Waals surface area (Å²) < 4.78 is 49.8. The summed E-state index contributed by atoms with van der Waals surface area (Å²) in [6.45, 7) is 0.626. The van der Waals surface area contributed by atoms with E-state index in [9.17, 15) is 17.6 Å². The van der Waals surface area contributed by atoms with Crippen LogP contribution in [0.15, 0.2) is 15.9 Å². The van der Waals surface area contributed by atoms with Crippen molar-refractivity contribution in [1.29, 1.82) is 0 Å². The Balaban J connectivity index is 2.50. The van der Waals surface area contributed by atoms with E-state index in [4.69, 9.17) is 0 Å². The third-order valence-corrected chi connectivity index (χ3v) is 3.85. The van der Waals surface area contributed by atoms with Crippen LogP contribution in [-0.4, -0.2) is 18.9 Å². The first-order valence-electron chi connectivity index (χ1n) is 4.46. The summed E-state index contributed by atoms with van der Waals surface area (Å²) in [5.41, 5.74) is 0. The maximum absolute atomic E-state index is 12.6. The van der Waals surface area contributed by atoms with E-state index >= 15 is 0 Å². The first-order chi connectivity index (χ1) is 7.33. The van der Waals surface area contributed by atoms with Crippen LogP contribution in [0.1, 0.15) is 17.8 Å². The highest BCUT2D eigenvalue weighted by molar-refractivity contribution is 9.10. The average molecular weight is 320 g/mol. The molecule has 92 valence electrons. The van der Waals surface area contributed by atoms with Crippen LogP contribution in [0.25, 0.3) is 0 Å². The number of hydrogen-bond donors (Lipinski definition) is 1. The second kappa shape index (κ2) is 5.46. The van der Waals surface area contributed by atoms with Crippen molar-refractivity contribution in [1.82, 2.24) is 5.32 Å². The van der Waals surface area contributed by atoms with Crippen LogP contribution in [0.2, 0.25) is 0 Å². The molecule has 0 aromatic carbocycles. The predicted octanol–water partition coefficient (Wildman–Crippen LogP) is 4.06. The zero-order chi connectivity index (χ0) is 12.3. The molecular formula is C9H10BrF4NS. The van der Waals surface area contributed by atoms with Gasteiger partial charge in [-0.2, -0.15) is 8.78 Å². The highest BCUT2D eigenvalue weighted by atomic mass is 79.9. The largest absolute Gasteiger partial charge is 0.319 e. The molecule has 1 unspecified atom stereocenters. The van der Waals surface area contributed by atoms with Gasteiger partial charge in [-0.05, 0) is 28.9 Å². The van der Waals surface area contributed by atoms with Crippen LogP contribution in [0.4, 0.5) is 17.6 Å². The van der Waals surface area contributed by atoms with E-state index in [1.807, 2.05) is 0 Å². The third kappa shape index (κ3) is 3.71. The smallest absolute Gasteiger partial charge is 0.304 e. The van der Waals surface area contributed by atoms with Crippen LogP contribution in [0.3, 0.4) is 0 Å². The number of nitrogens with one attached hydrogen (secondary N) is 1. The van der Waals surface area contributed by atoms with E-state index in [0.717, 1.165) is 9.35 Å². The molecule has 1 aromatic heterocycles. The minimum absolute atomic E-state index is 0.374. The minimum atomic E-state index is -3.98. The van der Waals surface area contributed by atoms with E-state index in [1.165, 1.54) is 11.3 Å². The molecule has 0 saturated heterocycles. The Labute approximate surface area is 103 Å². The molecule has 1 N–H and O–H groups in total. The molecule has 0 radical (unpaired) electrons. The van der Waals surface area contributed by atoms with Gasteiger partial charge in [-0.25, -0.2) is 8.78 Å². The van der Waals surface area contributed by atoms with Crippen molar-refractivity contribution in [2.45, 2.75) is 25.3 Å². The lowest BCUT2D eigenvalue weighted by atomic mass is 10.2.